The van der Waals surface area contributed by atoms with Gasteiger partial charge in [-0.05, 0) is 45.1 Å². The van der Waals surface area contributed by atoms with Crippen LogP contribution in [0.5, 0.6) is 0 Å². The van der Waals surface area contributed by atoms with Gasteiger partial charge in [-0.15, -0.1) is 0 Å². The Hall–Kier alpha value is -1.90. The molecular weight excluding hydrogens is 401 g/mol. The maximum absolute atomic E-state index is 14.4. The predicted octanol–water partition coefficient (Wildman–Crippen LogP) is 4.24. The fraction of sp³-hybridized carbons (Fsp3) is 0.421. The van der Waals surface area contributed by atoms with E-state index in [9.17, 15) is 4.39 Å². The van der Waals surface area contributed by atoms with Crippen LogP contribution >= 0.6 is 23.4 Å². The van der Waals surface area contributed by atoms with Gasteiger partial charge in [-0.3, -0.25) is 0 Å². The third-order valence-electron chi connectivity index (χ3n) is 4.38. The number of imidazole rings is 1. The number of aromatic nitrogens is 4. The number of aliphatic hydroxyl groups excluding tert-OH is 1. The van der Waals surface area contributed by atoms with Crippen molar-refractivity contribution in [3.05, 3.63) is 35.0 Å². The number of thioether (sulfide) groups is 1. The summed E-state index contributed by atoms with van der Waals surface area (Å²) in [6.45, 7) is 5.90. The molecule has 0 aliphatic carbocycles. The molecule has 0 spiro atoms. The SMILES string of the molecule is Cc1nc2c(F)cc(-c3nc(N)ncc3Cl)cc2n1C(C)C.OC1CCSC1. The second kappa shape index (κ2) is 8.63. The van der Waals surface area contributed by atoms with Crippen molar-refractivity contribution in [3.63, 3.8) is 0 Å². The smallest absolute Gasteiger partial charge is 0.220 e. The minimum atomic E-state index is -0.414. The Bertz CT molecular complexity index is 988. The number of hydrogen-bond donors (Lipinski definition) is 2. The third kappa shape index (κ3) is 4.39. The van der Waals surface area contributed by atoms with Crippen LogP contribution in [0.1, 0.15) is 32.1 Å². The fourth-order valence-corrected chi connectivity index (χ4v) is 4.41. The molecule has 1 aliphatic heterocycles. The van der Waals surface area contributed by atoms with Crippen LogP contribution in [0.3, 0.4) is 0 Å². The van der Waals surface area contributed by atoms with Gasteiger partial charge in [0.1, 0.15) is 11.3 Å². The molecule has 4 rings (SSSR count). The van der Waals surface area contributed by atoms with E-state index >= 15 is 0 Å². The summed E-state index contributed by atoms with van der Waals surface area (Å²) in [6, 6.07) is 3.35. The average Bonchev–Trinajstić information content (AvgIpc) is 3.23. The molecule has 0 radical (unpaired) electrons. The summed E-state index contributed by atoms with van der Waals surface area (Å²) in [5.41, 5.74) is 7.60. The van der Waals surface area contributed by atoms with E-state index in [0.717, 1.165) is 23.8 Å². The van der Waals surface area contributed by atoms with Crippen LogP contribution in [0, 0.1) is 12.7 Å². The van der Waals surface area contributed by atoms with Crippen molar-refractivity contribution in [1.29, 1.82) is 0 Å². The molecule has 0 saturated carbocycles. The van der Waals surface area contributed by atoms with Crippen LogP contribution in [0.25, 0.3) is 22.3 Å². The van der Waals surface area contributed by atoms with E-state index in [1.54, 1.807) is 0 Å². The summed E-state index contributed by atoms with van der Waals surface area (Å²) in [5.74, 6) is 2.55. The number of halogens is 2. The monoisotopic (exact) mass is 423 g/mol. The van der Waals surface area contributed by atoms with Crippen LogP contribution in [-0.2, 0) is 0 Å². The quantitative estimate of drug-likeness (QED) is 0.640. The molecule has 1 fully saturated rings. The summed E-state index contributed by atoms with van der Waals surface area (Å²) < 4.78 is 16.4. The first-order valence-electron chi connectivity index (χ1n) is 9.00. The summed E-state index contributed by atoms with van der Waals surface area (Å²) >= 11 is 7.95. The fourth-order valence-electron chi connectivity index (χ4n) is 3.16. The highest BCUT2D eigenvalue weighted by Crippen LogP contribution is 2.31. The number of aliphatic hydroxyl groups is 1. The largest absolute Gasteiger partial charge is 0.392 e. The number of anilines is 1. The lowest BCUT2D eigenvalue weighted by atomic mass is 10.1. The molecule has 9 heteroatoms. The maximum Gasteiger partial charge on any atom is 0.220 e. The third-order valence-corrected chi connectivity index (χ3v) is 5.80. The van der Waals surface area contributed by atoms with Gasteiger partial charge in [0.05, 0.1) is 28.5 Å². The Morgan fingerprint density at radius 2 is 2.11 bits per heavy atom. The van der Waals surface area contributed by atoms with E-state index in [2.05, 4.69) is 15.0 Å². The number of fused-ring (bicyclic) bond motifs is 1. The molecule has 1 unspecified atom stereocenters. The Kier molecular flexibility index (Phi) is 6.42. The van der Waals surface area contributed by atoms with Crippen LogP contribution < -0.4 is 5.73 Å². The highest BCUT2D eigenvalue weighted by Gasteiger charge is 2.17. The predicted molar refractivity (Wildman–Crippen MR) is 113 cm³/mol. The molecule has 1 atom stereocenters. The number of benzene rings is 1. The van der Waals surface area contributed by atoms with Gasteiger partial charge in [0.15, 0.2) is 5.82 Å². The molecule has 6 nitrogen and oxygen atoms in total. The zero-order chi connectivity index (χ0) is 20.4. The summed E-state index contributed by atoms with van der Waals surface area (Å²) in [4.78, 5) is 12.2. The average molecular weight is 424 g/mol. The topological polar surface area (TPSA) is 89.9 Å². The van der Waals surface area contributed by atoms with Gasteiger partial charge in [-0.25, -0.2) is 19.3 Å². The lowest BCUT2D eigenvalue weighted by Gasteiger charge is -2.12. The zero-order valence-corrected chi connectivity index (χ0v) is 17.6. The molecule has 3 heterocycles. The molecule has 1 aliphatic rings. The molecule has 1 aromatic carbocycles. The van der Waals surface area contributed by atoms with Gasteiger partial charge in [-0.1, -0.05) is 11.6 Å². The first-order valence-corrected chi connectivity index (χ1v) is 10.5. The van der Waals surface area contributed by atoms with Crippen molar-refractivity contribution in [2.24, 2.45) is 0 Å². The molecule has 28 heavy (non-hydrogen) atoms. The van der Waals surface area contributed by atoms with Crippen LogP contribution in [0.4, 0.5) is 10.3 Å². The summed E-state index contributed by atoms with van der Waals surface area (Å²) in [5, 5.41) is 9.03. The van der Waals surface area contributed by atoms with Crippen molar-refractivity contribution < 1.29 is 9.50 Å². The maximum atomic E-state index is 14.4. The normalized spacial score (nSPS) is 16.5. The molecule has 0 bridgehead atoms. The van der Waals surface area contributed by atoms with E-state index in [1.807, 2.05) is 43.2 Å². The first-order chi connectivity index (χ1) is 13.3. The van der Waals surface area contributed by atoms with E-state index in [1.165, 1.54) is 12.3 Å². The highest BCUT2D eigenvalue weighted by molar-refractivity contribution is 7.99. The van der Waals surface area contributed by atoms with Crippen molar-refractivity contribution >= 4 is 40.3 Å². The van der Waals surface area contributed by atoms with Gasteiger partial charge in [0.2, 0.25) is 5.95 Å². The van der Waals surface area contributed by atoms with E-state index < -0.39 is 5.82 Å². The van der Waals surface area contributed by atoms with Crippen LogP contribution in [0.2, 0.25) is 5.02 Å². The highest BCUT2D eigenvalue weighted by atomic mass is 35.5. The number of hydrogen-bond acceptors (Lipinski definition) is 6. The summed E-state index contributed by atoms with van der Waals surface area (Å²) in [7, 11) is 0. The summed E-state index contributed by atoms with van der Waals surface area (Å²) in [6.07, 6.45) is 2.42. The second-order valence-corrected chi connectivity index (χ2v) is 8.45. The van der Waals surface area contributed by atoms with E-state index in [4.69, 9.17) is 22.4 Å². The van der Waals surface area contributed by atoms with Crippen molar-refractivity contribution in [2.75, 3.05) is 17.2 Å². The molecule has 3 aromatic rings. The van der Waals surface area contributed by atoms with Gasteiger partial charge in [-0.2, -0.15) is 11.8 Å². The number of nitrogens with zero attached hydrogens (tertiary/aromatic N) is 4. The number of aryl methyl sites for hydroxylation is 1. The zero-order valence-electron chi connectivity index (χ0n) is 16.0. The van der Waals surface area contributed by atoms with Crippen LogP contribution in [0.15, 0.2) is 18.3 Å². The number of nitrogen functional groups attached to an aromatic ring is 1. The van der Waals surface area contributed by atoms with Gasteiger partial charge in [0, 0.05) is 17.4 Å². The van der Waals surface area contributed by atoms with Gasteiger partial charge in [0.25, 0.3) is 0 Å². The molecule has 3 N–H and O–H groups in total. The van der Waals surface area contributed by atoms with Crippen molar-refractivity contribution in [3.8, 4) is 11.3 Å². The number of nitrogens with two attached hydrogens (primary N) is 1. The Morgan fingerprint density at radius 1 is 1.36 bits per heavy atom. The Morgan fingerprint density at radius 3 is 2.68 bits per heavy atom. The lowest BCUT2D eigenvalue weighted by molar-refractivity contribution is 0.203. The second-order valence-electron chi connectivity index (χ2n) is 6.89. The molecule has 0 amide bonds. The van der Waals surface area contributed by atoms with Crippen LogP contribution in [-0.4, -0.2) is 42.2 Å². The standard InChI is InChI=1S/C15H15ClFN5.C4H8OS/c1-7(2)22-8(3)20-14-11(17)4-9(5-12(14)22)13-10(16)6-19-15(18)21-13;5-4-1-2-6-3-4/h4-7H,1-3H3,(H2,18,19,21);4-5H,1-3H2. The molecule has 1 saturated heterocycles. The Balaban J connectivity index is 0.000000320. The number of rotatable bonds is 2. The van der Waals surface area contributed by atoms with E-state index in [0.29, 0.717) is 27.3 Å². The lowest BCUT2D eigenvalue weighted by Crippen LogP contribution is -2.03. The molecular formula is C19H23ClFN5OS. The minimum Gasteiger partial charge on any atom is -0.392 e. The Labute approximate surface area is 172 Å². The van der Waals surface area contributed by atoms with Crippen molar-refractivity contribution in [1.82, 2.24) is 19.5 Å². The van der Waals surface area contributed by atoms with E-state index in [-0.39, 0.29) is 18.1 Å². The molecule has 150 valence electrons. The van der Waals surface area contributed by atoms with Gasteiger partial charge < -0.3 is 15.4 Å². The minimum absolute atomic E-state index is 0.00926. The first kappa shape index (κ1) is 20.8. The van der Waals surface area contributed by atoms with Crippen molar-refractivity contribution in [2.45, 2.75) is 39.3 Å². The van der Waals surface area contributed by atoms with Gasteiger partial charge >= 0.3 is 0 Å². The molecule has 2 aromatic heterocycles.